The zero-order valence-electron chi connectivity index (χ0n) is 12.9. The standard InChI is InChI=1S/C15H20N4O3S/c16-10-12-9-14(17-11-12)15(20)18-7-3-13(4-8-18)23(21,22)19-5-1-2-6-19/h9,11,13,17H,1-8H2. The molecule has 1 amide bonds. The van der Waals surface area contributed by atoms with Gasteiger partial charge in [-0.3, -0.25) is 4.79 Å². The molecular formula is C15H20N4O3S. The third-order valence-corrected chi connectivity index (χ3v) is 7.02. The van der Waals surface area contributed by atoms with E-state index in [1.807, 2.05) is 6.07 Å². The smallest absolute Gasteiger partial charge is 0.270 e. The number of nitriles is 1. The maximum Gasteiger partial charge on any atom is 0.270 e. The van der Waals surface area contributed by atoms with Crippen molar-refractivity contribution >= 4 is 15.9 Å². The number of carbonyl (C=O) groups is 1. The Kier molecular flexibility index (Phi) is 4.41. The summed E-state index contributed by atoms with van der Waals surface area (Å²) < 4.78 is 26.7. The summed E-state index contributed by atoms with van der Waals surface area (Å²) >= 11 is 0. The summed E-state index contributed by atoms with van der Waals surface area (Å²) in [5, 5.41) is 8.42. The van der Waals surface area contributed by atoms with Crippen molar-refractivity contribution in [1.82, 2.24) is 14.2 Å². The van der Waals surface area contributed by atoms with E-state index >= 15 is 0 Å². The van der Waals surface area contributed by atoms with Gasteiger partial charge in [0.2, 0.25) is 10.0 Å². The van der Waals surface area contributed by atoms with E-state index in [0.717, 1.165) is 12.8 Å². The number of piperidine rings is 1. The van der Waals surface area contributed by atoms with E-state index in [2.05, 4.69) is 4.98 Å². The third-order valence-electron chi connectivity index (χ3n) is 4.62. The minimum Gasteiger partial charge on any atom is -0.356 e. The SMILES string of the molecule is N#Cc1c[nH]c(C(=O)N2CCC(S(=O)(=O)N3CCCC3)CC2)c1. The monoisotopic (exact) mass is 336 g/mol. The van der Waals surface area contributed by atoms with E-state index in [9.17, 15) is 13.2 Å². The van der Waals surface area contributed by atoms with Gasteiger partial charge in [0.15, 0.2) is 0 Å². The number of nitrogens with zero attached hydrogens (tertiary/aromatic N) is 3. The summed E-state index contributed by atoms with van der Waals surface area (Å²) in [6, 6.07) is 3.50. The van der Waals surface area contributed by atoms with Gasteiger partial charge in [0.1, 0.15) is 11.8 Å². The molecule has 8 heteroatoms. The Labute approximate surface area is 135 Å². The number of sulfonamides is 1. The van der Waals surface area contributed by atoms with Crippen LogP contribution in [-0.4, -0.2) is 59.9 Å². The van der Waals surface area contributed by atoms with Gasteiger partial charge in [0.05, 0.1) is 10.8 Å². The molecule has 3 heterocycles. The molecule has 1 aromatic heterocycles. The van der Waals surface area contributed by atoms with Crippen molar-refractivity contribution < 1.29 is 13.2 Å². The van der Waals surface area contributed by atoms with Crippen molar-refractivity contribution in [1.29, 1.82) is 5.26 Å². The van der Waals surface area contributed by atoms with Gasteiger partial charge in [0.25, 0.3) is 5.91 Å². The minimum atomic E-state index is -3.23. The molecule has 0 aliphatic carbocycles. The highest BCUT2D eigenvalue weighted by Crippen LogP contribution is 2.25. The first kappa shape index (κ1) is 16.0. The molecule has 0 atom stereocenters. The summed E-state index contributed by atoms with van der Waals surface area (Å²) in [6.45, 7) is 2.11. The van der Waals surface area contributed by atoms with E-state index < -0.39 is 10.0 Å². The molecule has 0 radical (unpaired) electrons. The Morgan fingerprint density at radius 2 is 1.87 bits per heavy atom. The highest BCUT2D eigenvalue weighted by atomic mass is 32.2. The van der Waals surface area contributed by atoms with Gasteiger partial charge >= 0.3 is 0 Å². The Hall–Kier alpha value is -1.85. The highest BCUT2D eigenvalue weighted by molar-refractivity contribution is 7.89. The molecule has 2 aliphatic rings. The van der Waals surface area contributed by atoms with Crippen LogP contribution in [0.5, 0.6) is 0 Å². The maximum absolute atomic E-state index is 12.6. The van der Waals surface area contributed by atoms with Crippen LogP contribution in [0.3, 0.4) is 0 Å². The number of hydrogen-bond donors (Lipinski definition) is 1. The van der Waals surface area contributed by atoms with Gasteiger partial charge in [-0.25, -0.2) is 12.7 Å². The highest BCUT2D eigenvalue weighted by Gasteiger charge is 2.36. The van der Waals surface area contributed by atoms with E-state index in [1.54, 1.807) is 9.21 Å². The quantitative estimate of drug-likeness (QED) is 0.887. The molecule has 7 nitrogen and oxygen atoms in total. The average molecular weight is 336 g/mol. The molecule has 124 valence electrons. The number of H-pyrrole nitrogens is 1. The number of amides is 1. The van der Waals surface area contributed by atoms with Crippen LogP contribution in [0.25, 0.3) is 0 Å². The first-order chi connectivity index (χ1) is 11.0. The Morgan fingerprint density at radius 1 is 1.22 bits per heavy atom. The molecule has 1 N–H and O–H groups in total. The molecule has 0 spiro atoms. The van der Waals surface area contributed by atoms with Gasteiger partial charge in [0, 0.05) is 32.4 Å². The van der Waals surface area contributed by atoms with Crippen LogP contribution in [-0.2, 0) is 10.0 Å². The minimum absolute atomic E-state index is 0.177. The first-order valence-corrected chi connectivity index (χ1v) is 9.39. The molecule has 23 heavy (non-hydrogen) atoms. The molecule has 3 rings (SSSR count). The number of aromatic amines is 1. The molecule has 0 aromatic carbocycles. The number of carbonyl (C=O) groups excluding carboxylic acids is 1. The van der Waals surface area contributed by atoms with Crippen LogP contribution >= 0.6 is 0 Å². The lowest BCUT2D eigenvalue weighted by Gasteiger charge is -2.33. The summed E-state index contributed by atoms with van der Waals surface area (Å²) in [4.78, 5) is 16.8. The molecule has 0 unspecified atom stereocenters. The molecule has 2 aliphatic heterocycles. The van der Waals surface area contributed by atoms with Crippen LogP contribution in [0.2, 0.25) is 0 Å². The second-order valence-electron chi connectivity index (χ2n) is 6.06. The fourth-order valence-corrected chi connectivity index (χ4v) is 5.26. The van der Waals surface area contributed by atoms with Gasteiger partial charge in [-0.1, -0.05) is 0 Å². The number of rotatable bonds is 3. The number of nitrogens with one attached hydrogen (secondary N) is 1. The lowest BCUT2D eigenvalue weighted by Crippen LogP contribution is -2.46. The van der Waals surface area contributed by atoms with Crippen molar-refractivity contribution in [2.45, 2.75) is 30.9 Å². The fraction of sp³-hybridized carbons (Fsp3) is 0.600. The Balaban J connectivity index is 1.62. The van der Waals surface area contributed by atoms with E-state index in [4.69, 9.17) is 5.26 Å². The number of likely N-dealkylation sites (tertiary alicyclic amines) is 1. The number of hydrogen-bond acceptors (Lipinski definition) is 4. The van der Waals surface area contributed by atoms with Crippen molar-refractivity contribution in [3.8, 4) is 6.07 Å². The molecule has 2 fully saturated rings. The van der Waals surface area contributed by atoms with Crippen molar-refractivity contribution in [3.05, 3.63) is 23.5 Å². The Bertz CT molecular complexity index is 720. The normalized spacial score (nSPS) is 20.6. The van der Waals surface area contributed by atoms with Crippen molar-refractivity contribution in [2.75, 3.05) is 26.2 Å². The summed E-state index contributed by atoms with van der Waals surface area (Å²) in [6.07, 6.45) is 4.31. The number of aromatic nitrogens is 1. The van der Waals surface area contributed by atoms with Gasteiger partial charge < -0.3 is 9.88 Å². The lowest BCUT2D eigenvalue weighted by molar-refractivity contribution is 0.0719. The van der Waals surface area contributed by atoms with Crippen LogP contribution in [0, 0.1) is 11.3 Å². The molecule has 1 aromatic rings. The van der Waals surface area contributed by atoms with Crippen LogP contribution < -0.4 is 0 Å². The van der Waals surface area contributed by atoms with Gasteiger partial charge in [-0.2, -0.15) is 5.26 Å². The first-order valence-electron chi connectivity index (χ1n) is 7.89. The molecule has 2 saturated heterocycles. The van der Waals surface area contributed by atoms with Crippen molar-refractivity contribution in [3.63, 3.8) is 0 Å². The topological polar surface area (TPSA) is 97.3 Å². The predicted molar refractivity (Wildman–Crippen MR) is 84.2 cm³/mol. The van der Waals surface area contributed by atoms with Crippen LogP contribution in [0.4, 0.5) is 0 Å². The lowest BCUT2D eigenvalue weighted by atomic mass is 10.1. The fourth-order valence-electron chi connectivity index (χ4n) is 3.26. The third kappa shape index (κ3) is 3.12. The second-order valence-corrected chi connectivity index (χ2v) is 8.27. The summed E-state index contributed by atoms with van der Waals surface area (Å²) in [5.74, 6) is -0.177. The molecule has 0 saturated carbocycles. The van der Waals surface area contributed by atoms with Gasteiger partial charge in [-0.15, -0.1) is 0 Å². The van der Waals surface area contributed by atoms with E-state index in [0.29, 0.717) is 50.3 Å². The summed E-state index contributed by atoms with van der Waals surface area (Å²) in [7, 11) is -3.23. The predicted octanol–water partition coefficient (Wildman–Crippen LogP) is 0.917. The second kappa shape index (κ2) is 6.34. The van der Waals surface area contributed by atoms with E-state index in [-0.39, 0.29) is 11.2 Å². The zero-order chi connectivity index (χ0) is 16.4. The maximum atomic E-state index is 12.6. The van der Waals surface area contributed by atoms with Crippen LogP contribution in [0.1, 0.15) is 41.7 Å². The Morgan fingerprint density at radius 3 is 2.43 bits per heavy atom. The summed E-state index contributed by atoms with van der Waals surface area (Å²) in [5.41, 5.74) is 0.794. The zero-order valence-corrected chi connectivity index (χ0v) is 13.7. The van der Waals surface area contributed by atoms with E-state index in [1.165, 1.54) is 12.3 Å². The average Bonchev–Trinajstić information content (AvgIpc) is 3.25. The molecular weight excluding hydrogens is 316 g/mol. The largest absolute Gasteiger partial charge is 0.356 e. The van der Waals surface area contributed by atoms with Crippen molar-refractivity contribution in [2.24, 2.45) is 0 Å². The molecule has 0 bridgehead atoms. The van der Waals surface area contributed by atoms with Gasteiger partial charge in [-0.05, 0) is 31.7 Å². The van der Waals surface area contributed by atoms with Crippen LogP contribution in [0.15, 0.2) is 12.3 Å².